The van der Waals surface area contributed by atoms with Crippen molar-refractivity contribution in [1.82, 2.24) is 15.0 Å². The summed E-state index contributed by atoms with van der Waals surface area (Å²) in [6, 6.07) is 14.9. The van der Waals surface area contributed by atoms with Crippen LogP contribution in [-0.2, 0) is 6.42 Å². The standard InChI is InChI=1S/C23H20N4O2/c1-3-19-15(2)22(18-9-4-5-10-20(18)27-19)23(28)26-16-7-6-8-17(13-16)29-21-14-24-11-12-25-21/h4-14H,3H2,1-2H3,(H,26,28). The van der Waals surface area contributed by atoms with E-state index in [2.05, 4.69) is 15.3 Å². The Kier molecular flexibility index (Phi) is 5.16. The number of aryl methyl sites for hydroxylation is 1. The van der Waals surface area contributed by atoms with Crippen LogP contribution in [0.3, 0.4) is 0 Å². The van der Waals surface area contributed by atoms with Crippen LogP contribution in [0.1, 0.15) is 28.5 Å². The number of fused-ring (bicyclic) bond motifs is 1. The van der Waals surface area contributed by atoms with Gasteiger partial charge < -0.3 is 10.1 Å². The maximum atomic E-state index is 13.2. The van der Waals surface area contributed by atoms with Crippen LogP contribution in [0.15, 0.2) is 67.1 Å². The lowest BCUT2D eigenvalue weighted by atomic mass is 9.99. The van der Waals surface area contributed by atoms with Crippen LogP contribution in [0.4, 0.5) is 5.69 Å². The highest BCUT2D eigenvalue weighted by atomic mass is 16.5. The number of hydrogen-bond donors (Lipinski definition) is 1. The first-order chi connectivity index (χ1) is 14.2. The zero-order chi connectivity index (χ0) is 20.2. The normalized spacial score (nSPS) is 10.7. The fraction of sp³-hybridized carbons (Fsp3) is 0.130. The maximum Gasteiger partial charge on any atom is 0.256 e. The molecular weight excluding hydrogens is 364 g/mol. The topological polar surface area (TPSA) is 77.0 Å². The predicted octanol–water partition coefficient (Wildman–Crippen LogP) is 4.94. The van der Waals surface area contributed by atoms with Crippen molar-refractivity contribution in [2.45, 2.75) is 20.3 Å². The fourth-order valence-electron chi connectivity index (χ4n) is 3.28. The molecule has 0 fully saturated rings. The van der Waals surface area contributed by atoms with Crippen LogP contribution in [0.5, 0.6) is 11.6 Å². The van der Waals surface area contributed by atoms with Gasteiger partial charge in [0.15, 0.2) is 0 Å². The van der Waals surface area contributed by atoms with Gasteiger partial charge in [-0.15, -0.1) is 0 Å². The van der Waals surface area contributed by atoms with E-state index in [1.165, 1.54) is 6.20 Å². The fourth-order valence-corrected chi connectivity index (χ4v) is 3.28. The monoisotopic (exact) mass is 384 g/mol. The van der Waals surface area contributed by atoms with Crippen molar-refractivity contribution < 1.29 is 9.53 Å². The Morgan fingerprint density at radius 1 is 1.10 bits per heavy atom. The molecule has 2 aromatic heterocycles. The number of carbonyl (C=O) groups is 1. The number of nitrogens with zero attached hydrogens (tertiary/aromatic N) is 3. The van der Waals surface area contributed by atoms with E-state index in [1.807, 2.05) is 50.2 Å². The molecule has 2 aromatic carbocycles. The number of anilines is 1. The number of aromatic nitrogens is 3. The number of pyridine rings is 1. The van der Waals surface area contributed by atoms with E-state index < -0.39 is 0 Å². The Hall–Kier alpha value is -3.80. The molecule has 1 amide bonds. The van der Waals surface area contributed by atoms with Crippen molar-refractivity contribution in [3.63, 3.8) is 0 Å². The second kappa shape index (κ2) is 8.06. The van der Waals surface area contributed by atoms with Crippen LogP contribution in [0.25, 0.3) is 10.9 Å². The Balaban J connectivity index is 1.65. The number of rotatable bonds is 5. The minimum absolute atomic E-state index is 0.174. The van der Waals surface area contributed by atoms with Gasteiger partial charge in [-0.05, 0) is 37.1 Å². The summed E-state index contributed by atoms with van der Waals surface area (Å²) >= 11 is 0. The third-order valence-corrected chi connectivity index (χ3v) is 4.65. The average Bonchev–Trinajstić information content (AvgIpc) is 2.74. The van der Waals surface area contributed by atoms with Crippen LogP contribution in [0.2, 0.25) is 0 Å². The van der Waals surface area contributed by atoms with Gasteiger partial charge in [-0.25, -0.2) is 4.98 Å². The summed E-state index contributed by atoms with van der Waals surface area (Å²) in [5.41, 5.74) is 3.92. The molecule has 144 valence electrons. The minimum atomic E-state index is -0.174. The molecule has 0 saturated carbocycles. The third-order valence-electron chi connectivity index (χ3n) is 4.65. The lowest BCUT2D eigenvalue weighted by Crippen LogP contribution is -2.16. The SMILES string of the molecule is CCc1nc2ccccc2c(C(=O)Nc2cccc(Oc3cnccn3)c2)c1C. The summed E-state index contributed by atoms with van der Waals surface area (Å²) in [6.07, 6.45) is 5.43. The molecule has 0 atom stereocenters. The Morgan fingerprint density at radius 3 is 2.76 bits per heavy atom. The minimum Gasteiger partial charge on any atom is -0.437 e. The largest absolute Gasteiger partial charge is 0.437 e. The van der Waals surface area contributed by atoms with Crippen molar-refractivity contribution in [3.8, 4) is 11.6 Å². The maximum absolute atomic E-state index is 13.2. The smallest absolute Gasteiger partial charge is 0.256 e. The molecule has 0 radical (unpaired) electrons. The van der Waals surface area contributed by atoms with Crippen molar-refractivity contribution in [3.05, 3.63) is 83.9 Å². The molecule has 4 rings (SSSR count). The van der Waals surface area contributed by atoms with Gasteiger partial charge in [-0.3, -0.25) is 14.8 Å². The van der Waals surface area contributed by atoms with E-state index in [-0.39, 0.29) is 5.91 Å². The van der Waals surface area contributed by atoms with Crippen LogP contribution in [-0.4, -0.2) is 20.9 Å². The summed E-state index contributed by atoms with van der Waals surface area (Å²) in [4.78, 5) is 26.0. The van der Waals surface area contributed by atoms with Gasteiger partial charge >= 0.3 is 0 Å². The van der Waals surface area contributed by atoms with Crippen LogP contribution < -0.4 is 10.1 Å². The molecule has 1 N–H and O–H groups in total. The molecule has 0 aliphatic carbocycles. The third kappa shape index (κ3) is 3.91. The van der Waals surface area contributed by atoms with E-state index >= 15 is 0 Å². The van der Waals surface area contributed by atoms with Crippen molar-refractivity contribution in [2.75, 3.05) is 5.32 Å². The van der Waals surface area contributed by atoms with Gasteiger partial charge in [-0.2, -0.15) is 0 Å². The summed E-state index contributed by atoms with van der Waals surface area (Å²) in [6.45, 7) is 3.99. The molecule has 2 heterocycles. The van der Waals surface area contributed by atoms with Gasteiger partial charge in [0, 0.05) is 35.2 Å². The quantitative estimate of drug-likeness (QED) is 0.527. The molecule has 0 unspecified atom stereocenters. The Labute approximate surface area is 168 Å². The van der Waals surface area contributed by atoms with Crippen LogP contribution >= 0.6 is 0 Å². The molecule has 6 nitrogen and oxygen atoms in total. The zero-order valence-corrected chi connectivity index (χ0v) is 16.2. The summed E-state index contributed by atoms with van der Waals surface area (Å²) in [7, 11) is 0. The number of ether oxygens (including phenoxy) is 1. The van der Waals surface area contributed by atoms with Crippen molar-refractivity contribution in [2.24, 2.45) is 0 Å². The van der Waals surface area contributed by atoms with E-state index in [0.717, 1.165) is 28.6 Å². The summed E-state index contributed by atoms with van der Waals surface area (Å²) in [5.74, 6) is 0.779. The van der Waals surface area contributed by atoms with Gasteiger partial charge in [0.2, 0.25) is 5.88 Å². The number of benzene rings is 2. The second-order valence-electron chi connectivity index (χ2n) is 6.56. The first-order valence-corrected chi connectivity index (χ1v) is 9.39. The van der Waals surface area contributed by atoms with Gasteiger partial charge in [0.25, 0.3) is 5.91 Å². The van der Waals surface area contributed by atoms with Gasteiger partial charge in [-0.1, -0.05) is 31.2 Å². The van der Waals surface area contributed by atoms with Gasteiger partial charge in [0.1, 0.15) is 5.75 Å². The second-order valence-corrected chi connectivity index (χ2v) is 6.56. The molecule has 29 heavy (non-hydrogen) atoms. The van der Waals surface area contributed by atoms with E-state index in [0.29, 0.717) is 22.9 Å². The molecule has 6 heteroatoms. The highest BCUT2D eigenvalue weighted by Crippen LogP contribution is 2.26. The average molecular weight is 384 g/mol. The molecule has 0 aliphatic heterocycles. The Bertz CT molecular complexity index is 1180. The van der Waals surface area contributed by atoms with E-state index in [9.17, 15) is 4.79 Å². The molecule has 0 saturated heterocycles. The first-order valence-electron chi connectivity index (χ1n) is 9.39. The predicted molar refractivity (Wildman–Crippen MR) is 112 cm³/mol. The zero-order valence-electron chi connectivity index (χ0n) is 16.2. The molecule has 0 spiro atoms. The molecule has 4 aromatic rings. The number of hydrogen-bond acceptors (Lipinski definition) is 5. The Morgan fingerprint density at radius 2 is 1.97 bits per heavy atom. The number of amides is 1. The van der Waals surface area contributed by atoms with Crippen molar-refractivity contribution >= 4 is 22.5 Å². The lowest BCUT2D eigenvalue weighted by molar-refractivity contribution is 0.102. The highest BCUT2D eigenvalue weighted by molar-refractivity contribution is 6.13. The lowest BCUT2D eigenvalue weighted by Gasteiger charge is -2.14. The number of nitrogens with one attached hydrogen (secondary N) is 1. The van der Waals surface area contributed by atoms with Crippen molar-refractivity contribution in [1.29, 1.82) is 0 Å². The van der Waals surface area contributed by atoms with Crippen LogP contribution in [0, 0.1) is 6.92 Å². The molecule has 0 bridgehead atoms. The number of para-hydroxylation sites is 1. The van der Waals surface area contributed by atoms with Gasteiger partial charge in [0.05, 0.1) is 17.3 Å². The van der Waals surface area contributed by atoms with E-state index in [4.69, 9.17) is 9.72 Å². The summed E-state index contributed by atoms with van der Waals surface area (Å²) in [5, 5.41) is 3.83. The first kappa shape index (κ1) is 18.6. The highest BCUT2D eigenvalue weighted by Gasteiger charge is 2.17. The molecular formula is C23H20N4O2. The summed E-state index contributed by atoms with van der Waals surface area (Å²) < 4.78 is 5.70. The number of carbonyl (C=O) groups excluding carboxylic acids is 1. The molecule has 0 aliphatic rings. The van der Waals surface area contributed by atoms with E-state index in [1.54, 1.807) is 24.5 Å².